The Hall–Kier alpha value is -1.74. The number of benzene rings is 1. The van der Waals surface area contributed by atoms with Gasteiger partial charge in [0.1, 0.15) is 17.3 Å². The standard InChI is InChI=1S/C13H13ClN2O/c1-9-7-10(3-4-12(9)14)17-11-5-6-16-13(8-11)15-2/h3-8H,1-2H3,(H,15,16). The second-order valence-electron chi connectivity index (χ2n) is 3.64. The minimum Gasteiger partial charge on any atom is -0.457 e. The van der Waals surface area contributed by atoms with E-state index in [1.165, 1.54) is 0 Å². The molecule has 1 N–H and O–H groups in total. The van der Waals surface area contributed by atoms with E-state index in [1.807, 2.05) is 44.3 Å². The largest absolute Gasteiger partial charge is 0.457 e. The highest BCUT2D eigenvalue weighted by Crippen LogP contribution is 2.26. The van der Waals surface area contributed by atoms with Gasteiger partial charge in [-0.25, -0.2) is 4.98 Å². The number of nitrogens with zero attached hydrogens (tertiary/aromatic N) is 1. The molecule has 88 valence electrons. The first-order chi connectivity index (χ1) is 8.19. The third-order valence-electron chi connectivity index (χ3n) is 2.35. The van der Waals surface area contributed by atoms with Crippen LogP contribution in [0.4, 0.5) is 5.82 Å². The molecule has 0 spiro atoms. The minimum absolute atomic E-state index is 0.739. The molecule has 0 aliphatic rings. The van der Waals surface area contributed by atoms with Gasteiger partial charge in [-0.15, -0.1) is 0 Å². The minimum atomic E-state index is 0.739. The Kier molecular flexibility index (Phi) is 3.49. The van der Waals surface area contributed by atoms with E-state index in [9.17, 15) is 0 Å². The SMILES string of the molecule is CNc1cc(Oc2ccc(Cl)c(C)c2)ccn1. The summed E-state index contributed by atoms with van der Waals surface area (Å²) in [4.78, 5) is 4.12. The van der Waals surface area contributed by atoms with Gasteiger partial charge in [0.05, 0.1) is 0 Å². The van der Waals surface area contributed by atoms with E-state index >= 15 is 0 Å². The van der Waals surface area contributed by atoms with Gasteiger partial charge in [-0.3, -0.25) is 0 Å². The molecule has 2 aromatic rings. The van der Waals surface area contributed by atoms with Crippen LogP contribution in [0.1, 0.15) is 5.56 Å². The van der Waals surface area contributed by atoms with Crippen molar-refractivity contribution in [3.05, 3.63) is 47.1 Å². The van der Waals surface area contributed by atoms with Crippen LogP contribution in [0.3, 0.4) is 0 Å². The van der Waals surface area contributed by atoms with Gasteiger partial charge in [0.2, 0.25) is 0 Å². The van der Waals surface area contributed by atoms with Crippen molar-refractivity contribution in [1.29, 1.82) is 0 Å². The number of pyridine rings is 1. The number of aromatic nitrogens is 1. The van der Waals surface area contributed by atoms with E-state index in [0.717, 1.165) is 27.9 Å². The molecule has 0 aliphatic carbocycles. The molecule has 17 heavy (non-hydrogen) atoms. The third kappa shape index (κ3) is 2.88. The number of hydrogen-bond donors (Lipinski definition) is 1. The lowest BCUT2D eigenvalue weighted by Gasteiger charge is -2.08. The fourth-order valence-electron chi connectivity index (χ4n) is 1.43. The predicted octanol–water partition coefficient (Wildman–Crippen LogP) is 3.88. The summed E-state index contributed by atoms with van der Waals surface area (Å²) in [7, 11) is 1.82. The average Bonchev–Trinajstić information content (AvgIpc) is 2.34. The lowest BCUT2D eigenvalue weighted by molar-refractivity contribution is 0.482. The number of aryl methyl sites for hydroxylation is 1. The normalized spacial score (nSPS) is 10.1. The molecule has 4 heteroatoms. The Labute approximate surface area is 105 Å². The molecule has 0 bridgehead atoms. The predicted molar refractivity (Wildman–Crippen MR) is 70.0 cm³/mol. The van der Waals surface area contributed by atoms with E-state index < -0.39 is 0 Å². The fraction of sp³-hybridized carbons (Fsp3) is 0.154. The first-order valence-corrected chi connectivity index (χ1v) is 5.64. The van der Waals surface area contributed by atoms with E-state index in [1.54, 1.807) is 6.20 Å². The topological polar surface area (TPSA) is 34.1 Å². The van der Waals surface area contributed by atoms with Crippen molar-refractivity contribution >= 4 is 17.4 Å². The van der Waals surface area contributed by atoms with Crippen LogP contribution in [-0.4, -0.2) is 12.0 Å². The Morgan fingerprint density at radius 1 is 1.18 bits per heavy atom. The highest BCUT2D eigenvalue weighted by molar-refractivity contribution is 6.31. The number of anilines is 1. The van der Waals surface area contributed by atoms with Gasteiger partial charge in [0.25, 0.3) is 0 Å². The monoisotopic (exact) mass is 248 g/mol. The van der Waals surface area contributed by atoms with E-state index in [4.69, 9.17) is 16.3 Å². The molecule has 0 saturated heterocycles. The summed E-state index contributed by atoms with van der Waals surface area (Å²) in [6.07, 6.45) is 1.70. The summed E-state index contributed by atoms with van der Waals surface area (Å²) in [6.45, 7) is 1.95. The summed E-state index contributed by atoms with van der Waals surface area (Å²) in [6, 6.07) is 9.22. The summed E-state index contributed by atoms with van der Waals surface area (Å²) in [5.41, 5.74) is 0.993. The van der Waals surface area contributed by atoms with Crippen molar-refractivity contribution in [1.82, 2.24) is 4.98 Å². The molecule has 0 aliphatic heterocycles. The maximum Gasteiger partial charge on any atom is 0.132 e. The maximum atomic E-state index is 5.96. The summed E-state index contributed by atoms with van der Waals surface area (Å²) >= 11 is 5.96. The third-order valence-corrected chi connectivity index (χ3v) is 2.78. The van der Waals surface area contributed by atoms with Gasteiger partial charge in [0, 0.05) is 24.3 Å². The average molecular weight is 249 g/mol. The van der Waals surface area contributed by atoms with Crippen molar-refractivity contribution in [2.45, 2.75) is 6.92 Å². The molecule has 0 unspecified atom stereocenters. The molecule has 1 aromatic carbocycles. The Balaban J connectivity index is 2.22. The van der Waals surface area contributed by atoms with Gasteiger partial charge in [-0.1, -0.05) is 11.6 Å². The number of hydrogen-bond acceptors (Lipinski definition) is 3. The van der Waals surface area contributed by atoms with Crippen molar-refractivity contribution < 1.29 is 4.74 Å². The van der Waals surface area contributed by atoms with Crippen molar-refractivity contribution in [3.63, 3.8) is 0 Å². The van der Waals surface area contributed by atoms with Gasteiger partial charge in [0.15, 0.2) is 0 Å². The molecule has 3 nitrogen and oxygen atoms in total. The summed E-state index contributed by atoms with van der Waals surface area (Å²) in [5, 5.41) is 3.70. The molecule has 1 aromatic heterocycles. The number of halogens is 1. The zero-order valence-electron chi connectivity index (χ0n) is 9.70. The zero-order chi connectivity index (χ0) is 12.3. The smallest absolute Gasteiger partial charge is 0.132 e. The number of nitrogens with one attached hydrogen (secondary N) is 1. The zero-order valence-corrected chi connectivity index (χ0v) is 10.5. The Morgan fingerprint density at radius 3 is 2.65 bits per heavy atom. The second-order valence-corrected chi connectivity index (χ2v) is 4.05. The van der Waals surface area contributed by atoms with Crippen LogP contribution >= 0.6 is 11.6 Å². The van der Waals surface area contributed by atoms with E-state index in [-0.39, 0.29) is 0 Å². The van der Waals surface area contributed by atoms with Crippen LogP contribution in [0.2, 0.25) is 5.02 Å². The second kappa shape index (κ2) is 5.06. The van der Waals surface area contributed by atoms with Crippen LogP contribution in [-0.2, 0) is 0 Å². The quantitative estimate of drug-likeness (QED) is 0.895. The number of rotatable bonds is 3. The molecule has 0 fully saturated rings. The molecule has 0 atom stereocenters. The fourth-order valence-corrected chi connectivity index (χ4v) is 1.55. The van der Waals surface area contributed by atoms with E-state index in [2.05, 4.69) is 10.3 Å². The van der Waals surface area contributed by atoms with Crippen molar-refractivity contribution in [2.75, 3.05) is 12.4 Å². The maximum absolute atomic E-state index is 5.96. The van der Waals surface area contributed by atoms with Gasteiger partial charge >= 0.3 is 0 Å². The molecular weight excluding hydrogens is 236 g/mol. The first kappa shape index (κ1) is 11.7. The highest BCUT2D eigenvalue weighted by Gasteiger charge is 2.01. The summed E-state index contributed by atoms with van der Waals surface area (Å²) in [5.74, 6) is 2.28. The first-order valence-electron chi connectivity index (χ1n) is 5.27. The van der Waals surface area contributed by atoms with Crippen LogP contribution in [0.25, 0.3) is 0 Å². The molecule has 2 rings (SSSR count). The molecule has 0 radical (unpaired) electrons. The molecule has 0 amide bonds. The van der Waals surface area contributed by atoms with Crippen LogP contribution in [0.5, 0.6) is 11.5 Å². The lowest BCUT2D eigenvalue weighted by Crippen LogP contribution is -1.92. The Morgan fingerprint density at radius 2 is 1.94 bits per heavy atom. The van der Waals surface area contributed by atoms with Gasteiger partial charge in [-0.05, 0) is 36.8 Å². The molecular formula is C13H13ClN2O. The van der Waals surface area contributed by atoms with Gasteiger partial charge in [-0.2, -0.15) is 0 Å². The van der Waals surface area contributed by atoms with Crippen LogP contribution in [0, 0.1) is 6.92 Å². The van der Waals surface area contributed by atoms with Gasteiger partial charge < -0.3 is 10.1 Å². The highest BCUT2D eigenvalue weighted by atomic mass is 35.5. The van der Waals surface area contributed by atoms with Crippen LogP contribution < -0.4 is 10.1 Å². The van der Waals surface area contributed by atoms with E-state index in [0.29, 0.717) is 0 Å². The summed E-state index contributed by atoms with van der Waals surface area (Å²) < 4.78 is 5.72. The molecule has 0 saturated carbocycles. The lowest BCUT2D eigenvalue weighted by atomic mass is 10.2. The van der Waals surface area contributed by atoms with Crippen LogP contribution in [0.15, 0.2) is 36.5 Å². The Bertz CT molecular complexity index is 529. The number of ether oxygens (including phenoxy) is 1. The molecule has 1 heterocycles. The van der Waals surface area contributed by atoms with Crippen molar-refractivity contribution in [2.24, 2.45) is 0 Å². The van der Waals surface area contributed by atoms with Crippen molar-refractivity contribution in [3.8, 4) is 11.5 Å².